The van der Waals surface area contributed by atoms with Crippen LogP contribution in [-0.4, -0.2) is 18.1 Å². The number of nitrogens with zero attached hydrogens (tertiary/aromatic N) is 3. The monoisotopic (exact) mass is 516 g/mol. The summed E-state index contributed by atoms with van der Waals surface area (Å²) in [5.74, 6) is 0. The van der Waals surface area contributed by atoms with Crippen LogP contribution < -0.4 is 31.9 Å². The van der Waals surface area contributed by atoms with Crippen molar-refractivity contribution >= 4 is 60.6 Å². The van der Waals surface area contributed by atoms with E-state index in [1.807, 2.05) is 25.1 Å². The fourth-order valence-corrected chi connectivity index (χ4v) is 5.60. The van der Waals surface area contributed by atoms with Crippen LogP contribution in [0.1, 0.15) is 29.7 Å². The van der Waals surface area contributed by atoms with Gasteiger partial charge in [-0.1, -0.05) is 11.3 Å². The lowest BCUT2D eigenvalue weighted by atomic mass is 10.1. The van der Waals surface area contributed by atoms with Crippen molar-refractivity contribution in [2.24, 2.45) is 0 Å². The molecule has 0 amide bonds. The standard InChI is InChI=1S/C26H28N8S2/c1-17-13-19(5-7-22(17)29-26-28-21(15-27)16-35-26)30-32-23-8-6-20(14-18(23)2)31-33-24-9-10-25(36-24)34-11-3-4-12-34/h5-10,13-14,16,30-33H,3-4,11-12H2,1-2H3,(H,28,29). The van der Waals surface area contributed by atoms with Gasteiger partial charge in [0, 0.05) is 24.2 Å². The molecule has 0 radical (unpaired) electrons. The summed E-state index contributed by atoms with van der Waals surface area (Å²) in [5.41, 5.74) is 19.7. The number of aryl methyl sites for hydroxylation is 2. The van der Waals surface area contributed by atoms with Crippen molar-refractivity contribution in [2.45, 2.75) is 26.7 Å². The zero-order chi connectivity index (χ0) is 24.9. The molecule has 0 atom stereocenters. The van der Waals surface area contributed by atoms with Gasteiger partial charge in [-0.3, -0.25) is 5.43 Å². The molecular weight excluding hydrogens is 488 g/mol. The number of benzene rings is 2. The van der Waals surface area contributed by atoms with Gasteiger partial charge in [0.25, 0.3) is 0 Å². The second kappa shape index (κ2) is 10.8. The van der Waals surface area contributed by atoms with Crippen molar-refractivity contribution < 1.29 is 0 Å². The predicted octanol–water partition coefficient (Wildman–Crippen LogP) is 6.91. The second-order valence-electron chi connectivity index (χ2n) is 8.67. The van der Waals surface area contributed by atoms with Gasteiger partial charge in [-0.05, 0) is 86.3 Å². The van der Waals surface area contributed by atoms with Crippen LogP contribution in [0, 0.1) is 25.2 Å². The highest BCUT2D eigenvalue weighted by atomic mass is 32.1. The number of nitriles is 1. The molecule has 2 aromatic carbocycles. The molecule has 184 valence electrons. The molecule has 0 spiro atoms. The highest BCUT2D eigenvalue weighted by Gasteiger charge is 2.14. The Labute approximate surface area is 218 Å². The SMILES string of the molecule is Cc1cc(NNc2ccc(N3CCCC3)s2)ccc1NNc1ccc(Nc2nc(C#N)cs2)c(C)c1. The predicted molar refractivity (Wildman–Crippen MR) is 153 cm³/mol. The summed E-state index contributed by atoms with van der Waals surface area (Å²) in [6.45, 7) is 6.43. The van der Waals surface area contributed by atoms with Gasteiger partial charge in [0.1, 0.15) is 11.1 Å². The summed E-state index contributed by atoms with van der Waals surface area (Å²) in [6.07, 6.45) is 2.57. The molecule has 2 aromatic heterocycles. The summed E-state index contributed by atoms with van der Waals surface area (Å²) in [6, 6.07) is 18.6. The number of nitrogens with one attached hydrogen (secondary N) is 5. The quantitative estimate of drug-likeness (QED) is 0.153. The minimum atomic E-state index is 0.424. The number of hydrogen-bond donors (Lipinski definition) is 5. The van der Waals surface area contributed by atoms with Crippen LogP contribution in [0.15, 0.2) is 53.9 Å². The third-order valence-corrected chi connectivity index (χ3v) is 7.81. The van der Waals surface area contributed by atoms with Gasteiger partial charge in [0.05, 0.1) is 22.1 Å². The molecule has 4 aromatic rings. The number of thiazole rings is 1. The Morgan fingerprint density at radius 3 is 2.22 bits per heavy atom. The van der Waals surface area contributed by atoms with Crippen molar-refractivity contribution in [2.75, 3.05) is 45.0 Å². The van der Waals surface area contributed by atoms with Crippen molar-refractivity contribution in [1.29, 1.82) is 5.26 Å². The van der Waals surface area contributed by atoms with Crippen LogP contribution in [0.3, 0.4) is 0 Å². The maximum absolute atomic E-state index is 8.95. The summed E-state index contributed by atoms with van der Waals surface area (Å²) in [7, 11) is 0. The lowest BCUT2D eigenvalue weighted by Crippen LogP contribution is -2.15. The van der Waals surface area contributed by atoms with Crippen LogP contribution in [0.25, 0.3) is 0 Å². The van der Waals surface area contributed by atoms with Crippen molar-refractivity contribution in [3.63, 3.8) is 0 Å². The Balaban J connectivity index is 1.14. The Hall–Kier alpha value is -3.94. The van der Waals surface area contributed by atoms with E-state index in [2.05, 4.69) is 80.2 Å². The van der Waals surface area contributed by atoms with Crippen LogP contribution in [0.5, 0.6) is 0 Å². The molecule has 36 heavy (non-hydrogen) atoms. The topological polar surface area (TPSA) is 100 Å². The Morgan fingerprint density at radius 2 is 1.56 bits per heavy atom. The molecule has 0 unspecified atom stereocenters. The minimum Gasteiger partial charge on any atom is -0.363 e. The average Bonchev–Trinajstić information content (AvgIpc) is 3.65. The maximum Gasteiger partial charge on any atom is 0.188 e. The van der Waals surface area contributed by atoms with E-state index < -0.39 is 0 Å². The normalized spacial score (nSPS) is 12.8. The molecule has 8 nitrogen and oxygen atoms in total. The Morgan fingerprint density at radius 1 is 0.861 bits per heavy atom. The molecule has 10 heteroatoms. The van der Waals surface area contributed by atoms with Gasteiger partial charge in [-0.2, -0.15) is 5.26 Å². The molecule has 1 saturated heterocycles. The molecule has 5 N–H and O–H groups in total. The number of aromatic nitrogens is 1. The zero-order valence-corrected chi connectivity index (χ0v) is 21.8. The second-order valence-corrected chi connectivity index (χ2v) is 10.6. The van der Waals surface area contributed by atoms with Gasteiger partial charge in [0.15, 0.2) is 10.8 Å². The zero-order valence-electron chi connectivity index (χ0n) is 20.2. The molecule has 0 bridgehead atoms. The number of hydrogen-bond acceptors (Lipinski definition) is 10. The van der Waals surface area contributed by atoms with Crippen molar-refractivity contribution in [1.82, 2.24) is 4.98 Å². The summed E-state index contributed by atoms with van der Waals surface area (Å²) in [5, 5.41) is 17.1. The maximum atomic E-state index is 8.95. The molecule has 1 aliphatic rings. The first-order valence-electron chi connectivity index (χ1n) is 11.8. The van der Waals surface area contributed by atoms with Crippen molar-refractivity contribution in [3.8, 4) is 6.07 Å². The summed E-state index contributed by atoms with van der Waals surface area (Å²) in [4.78, 5) is 6.69. The van der Waals surface area contributed by atoms with E-state index in [1.54, 1.807) is 16.7 Å². The molecule has 3 heterocycles. The van der Waals surface area contributed by atoms with E-state index >= 15 is 0 Å². The van der Waals surface area contributed by atoms with Gasteiger partial charge in [-0.25, -0.2) is 4.98 Å². The minimum absolute atomic E-state index is 0.424. The van der Waals surface area contributed by atoms with Crippen LogP contribution in [0.2, 0.25) is 0 Å². The summed E-state index contributed by atoms with van der Waals surface area (Å²) < 4.78 is 0. The highest BCUT2D eigenvalue weighted by Crippen LogP contribution is 2.32. The Kier molecular flexibility index (Phi) is 7.11. The first-order valence-corrected chi connectivity index (χ1v) is 13.5. The molecule has 0 saturated carbocycles. The van der Waals surface area contributed by atoms with Crippen molar-refractivity contribution in [3.05, 3.63) is 70.7 Å². The average molecular weight is 517 g/mol. The largest absolute Gasteiger partial charge is 0.363 e. The Bertz CT molecular complexity index is 1380. The van der Waals surface area contributed by atoms with E-state index in [1.165, 1.54) is 29.2 Å². The summed E-state index contributed by atoms with van der Waals surface area (Å²) >= 11 is 3.19. The van der Waals surface area contributed by atoms with Crippen LogP contribution >= 0.6 is 22.7 Å². The first kappa shape index (κ1) is 23.8. The number of thiophene rings is 1. The van der Waals surface area contributed by atoms with Gasteiger partial charge >= 0.3 is 0 Å². The third kappa shape index (κ3) is 5.64. The molecular formula is C26H28N8S2. The molecule has 0 aliphatic carbocycles. The number of rotatable bonds is 9. The van der Waals surface area contributed by atoms with Gasteiger partial charge < -0.3 is 26.5 Å². The first-order chi connectivity index (χ1) is 17.6. The van der Waals surface area contributed by atoms with E-state index in [4.69, 9.17) is 5.26 Å². The van der Waals surface area contributed by atoms with E-state index in [0.29, 0.717) is 10.8 Å². The molecule has 5 rings (SSSR count). The van der Waals surface area contributed by atoms with Crippen LogP contribution in [-0.2, 0) is 0 Å². The lowest BCUT2D eigenvalue weighted by Gasteiger charge is -2.16. The van der Waals surface area contributed by atoms with E-state index in [0.717, 1.165) is 52.0 Å². The van der Waals surface area contributed by atoms with Crippen LogP contribution in [0.4, 0.5) is 37.9 Å². The third-order valence-electron chi connectivity index (χ3n) is 5.99. The highest BCUT2D eigenvalue weighted by molar-refractivity contribution is 7.20. The fraction of sp³-hybridized carbons (Fsp3) is 0.231. The lowest BCUT2D eigenvalue weighted by molar-refractivity contribution is 0.949. The number of hydrazine groups is 2. The van der Waals surface area contributed by atoms with E-state index in [-0.39, 0.29) is 0 Å². The number of anilines is 7. The van der Waals surface area contributed by atoms with Gasteiger partial charge in [0.2, 0.25) is 0 Å². The fourth-order valence-electron chi connectivity index (χ4n) is 4.04. The molecule has 1 fully saturated rings. The smallest absolute Gasteiger partial charge is 0.188 e. The van der Waals surface area contributed by atoms with E-state index in [9.17, 15) is 0 Å². The molecule has 1 aliphatic heterocycles. The van der Waals surface area contributed by atoms with Gasteiger partial charge in [-0.15, -0.1) is 11.3 Å².